The second-order valence-corrected chi connectivity index (χ2v) is 4.81. The lowest BCUT2D eigenvalue weighted by Crippen LogP contribution is -2.20. The number of hydrogen-bond donors (Lipinski definition) is 2. The first kappa shape index (κ1) is 14.8. The number of nitrogens with zero attached hydrogens (tertiary/aromatic N) is 1. The van der Waals surface area contributed by atoms with Gasteiger partial charge in [-0.1, -0.05) is 24.3 Å². The predicted molar refractivity (Wildman–Crippen MR) is 84.5 cm³/mol. The lowest BCUT2D eigenvalue weighted by molar-refractivity contribution is -0.118. The van der Waals surface area contributed by atoms with Gasteiger partial charge in [-0.3, -0.25) is 9.89 Å². The quantitative estimate of drug-likeness (QED) is 0.760. The van der Waals surface area contributed by atoms with E-state index in [1.165, 1.54) is 12.1 Å². The SMILES string of the molecule is O=C(COc1ccccc1F)Nc1ccc(-c2ccn[nH]2)cc1. The Morgan fingerprint density at radius 1 is 1.13 bits per heavy atom. The molecular weight excluding hydrogens is 297 g/mol. The third-order valence-electron chi connectivity index (χ3n) is 3.18. The molecule has 0 radical (unpaired) electrons. The van der Waals surface area contributed by atoms with Crippen LogP contribution in [0.4, 0.5) is 10.1 Å². The fourth-order valence-electron chi connectivity index (χ4n) is 2.05. The number of carbonyl (C=O) groups excluding carboxylic acids is 1. The number of halogens is 1. The molecule has 23 heavy (non-hydrogen) atoms. The second kappa shape index (κ2) is 6.74. The van der Waals surface area contributed by atoms with E-state index in [1.54, 1.807) is 30.5 Å². The molecule has 1 heterocycles. The molecule has 0 spiro atoms. The number of para-hydroxylation sites is 1. The average Bonchev–Trinajstić information content (AvgIpc) is 3.09. The molecule has 2 N–H and O–H groups in total. The van der Waals surface area contributed by atoms with E-state index in [0.717, 1.165) is 11.3 Å². The number of ether oxygens (including phenoxy) is 1. The van der Waals surface area contributed by atoms with Crippen LogP contribution >= 0.6 is 0 Å². The molecule has 5 nitrogen and oxygen atoms in total. The number of nitrogens with one attached hydrogen (secondary N) is 2. The van der Waals surface area contributed by atoms with Crippen LogP contribution in [-0.2, 0) is 4.79 Å². The van der Waals surface area contributed by atoms with Crippen molar-refractivity contribution in [1.82, 2.24) is 10.2 Å². The Balaban J connectivity index is 1.57. The molecule has 1 amide bonds. The van der Waals surface area contributed by atoms with Crippen molar-refractivity contribution < 1.29 is 13.9 Å². The van der Waals surface area contributed by atoms with Crippen LogP contribution in [-0.4, -0.2) is 22.7 Å². The number of aromatic amines is 1. The summed E-state index contributed by atoms with van der Waals surface area (Å²) in [5.41, 5.74) is 2.49. The Morgan fingerprint density at radius 2 is 1.91 bits per heavy atom. The molecule has 0 bridgehead atoms. The number of benzene rings is 2. The number of anilines is 1. The van der Waals surface area contributed by atoms with Crippen LogP contribution < -0.4 is 10.1 Å². The maximum atomic E-state index is 13.4. The van der Waals surface area contributed by atoms with Crippen LogP contribution in [0.2, 0.25) is 0 Å². The predicted octanol–water partition coefficient (Wildman–Crippen LogP) is 3.23. The Bertz CT molecular complexity index is 786. The van der Waals surface area contributed by atoms with Gasteiger partial charge in [-0.15, -0.1) is 0 Å². The van der Waals surface area contributed by atoms with Crippen molar-refractivity contribution >= 4 is 11.6 Å². The van der Waals surface area contributed by atoms with Crippen molar-refractivity contribution in [2.75, 3.05) is 11.9 Å². The molecule has 0 atom stereocenters. The maximum absolute atomic E-state index is 13.4. The zero-order valence-electron chi connectivity index (χ0n) is 12.1. The molecule has 0 aliphatic rings. The van der Waals surface area contributed by atoms with Crippen LogP contribution in [0, 0.1) is 5.82 Å². The Kier molecular flexibility index (Phi) is 4.33. The first-order valence-electron chi connectivity index (χ1n) is 6.99. The number of amides is 1. The highest BCUT2D eigenvalue weighted by atomic mass is 19.1. The van der Waals surface area contributed by atoms with Crippen LogP contribution in [0.1, 0.15) is 0 Å². The standard InChI is InChI=1S/C17H14FN3O2/c18-14-3-1-2-4-16(14)23-11-17(22)20-13-7-5-12(6-8-13)15-9-10-19-21-15/h1-10H,11H2,(H,19,21)(H,20,22). The summed E-state index contributed by atoms with van der Waals surface area (Å²) < 4.78 is 18.5. The minimum Gasteiger partial charge on any atom is -0.481 e. The summed E-state index contributed by atoms with van der Waals surface area (Å²) in [6, 6.07) is 15.1. The molecule has 0 saturated carbocycles. The highest BCUT2D eigenvalue weighted by Gasteiger charge is 2.07. The zero-order valence-corrected chi connectivity index (χ0v) is 12.1. The van der Waals surface area contributed by atoms with E-state index >= 15 is 0 Å². The minimum absolute atomic E-state index is 0.0530. The van der Waals surface area contributed by atoms with E-state index < -0.39 is 5.82 Å². The normalized spacial score (nSPS) is 10.3. The molecule has 1 aromatic heterocycles. The van der Waals surface area contributed by atoms with Gasteiger partial charge in [0, 0.05) is 11.9 Å². The Labute approximate surface area is 132 Å². The van der Waals surface area contributed by atoms with E-state index in [2.05, 4.69) is 15.5 Å². The number of hydrogen-bond acceptors (Lipinski definition) is 3. The van der Waals surface area contributed by atoms with Gasteiger partial charge in [0.2, 0.25) is 0 Å². The van der Waals surface area contributed by atoms with Crippen LogP contribution in [0.3, 0.4) is 0 Å². The van der Waals surface area contributed by atoms with Gasteiger partial charge in [0.25, 0.3) is 5.91 Å². The van der Waals surface area contributed by atoms with Gasteiger partial charge in [-0.2, -0.15) is 5.10 Å². The van der Waals surface area contributed by atoms with Crippen molar-refractivity contribution in [2.24, 2.45) is 0 Å². The number of carbonyl (C=O) groups is 1. The summed E-state index contributed by atoms with van der Waals surface area (Å²) in [5, 5.41) is 9.44. The monoisotopic (exact) mass is 311 g/mol. The molecule has 2 aromatic carbocycles. The van der Waals surface area contributed by atoms with Crippen LogP contribution in [0.15, 0.2) is 60.8 Å². The lowest BCUT2D eigenvalue weighted by Gasteiger charge is -2.08. The van der Waals surface area contributed by atoms with Crippen molar-refractivity contribution in [2.45, 2.75) is 0 Å². The Morgan fingerprint density at radius 3 is 2.61 bits per heavy atom. The van der Waals surface area contributed by atoms with Crippen LogP contribution in [0.5, 0.6) is 5.75 Å². The van der Waals surface area contributed by atoms with E-state index in [-0.39, 0.29) is 18.3 Å². The fraction of sp³-hybridized carbons (Fsp3) is 0.0588. The van der Waals surface area contributed by atoms with Gasteiger partial charge in [-0.25, -0.2) is 4.39 Å². The van der Waals surface area contributed by atoms with E-state index in [1.807, 2.05) is 18.2 Å². The van der Waals surface area contributed by atoms with E-state index in [0.29, 0.717) is 5.69 Å². The molecule has 0 aliphatic carbocycles. The van der Waals surface area contributed by atoms with Gasteiger partial charge in [0.1, 0.15) is 0 Å². The molecular formula is C17H14FN3O2. The molecule has 3 rings (SSSR count). The summed E-state index contributed by atoms with van der Waals surface area (Å²) in [6.45, 7) is -0.261. The number of H-pyrrole nitrogens is 1. The maximum Gasteiger partial charge on any atom is 0.262 e. The summed E-state index contributed by atoms with van der Waals surface area (Å²) in [5.74, 6) is -0.802. The topological polar surface area (TPSA) is 67.0 Å². The molecule has 6 heteroatoms. The summed E-state index contributed by atoms with van der Waals surface area (Å²) in [6.07, 6.45) is 1.67. The summed E-state index contributed by atoms with van der Waals surface area (Å²) >= 11 is 0. The smallest absolute Gasteiger partial charge is 0.262 e. The molecule has 0 fully saturated rings. The van der Waals surface area contributed by atoms with Crippen molar-refractivity contribution in [3.05, 3.63) is 66.6 Å². The first-order chi connectivity index (χ1) is 11.2. The number of rotatable bonds is 5. The summed E-state index contributed by atoms with van der Waals surface area (Å²) in [4.78, 5) is 11.8. The largest absolute Gasteiger partial charge is 0.481 e. The van der Waals surface area contributed by atoms with E-state index in [9.17, 15) is 9.18 Å². The molecule has 116 valence electrons. The van der Waals surface area contributed by atoms with Gasteiger partial charge < -0.3 is 10.1 Å². The third kappa shape index (κ3) is 3.74. The number of aromatic nitrogens is 2. The Hall–Kier alpha value is -3.15. The zero-order chi connectivity index (χ0) is 16.1. The lowest BCUT2D eigenvalue weighted by atomic mass is 10.1. The molecule has 3 aromatic rings. The summed E-state index contributed by atoms with van der Waals surface area (Å²) in [7, 11) is 0. The van der Waals surface area contributed by atoms with Gasteiger partial charge in [0.05, 0.1) is 5.69 Å². The van der Waals surface area contributed by atoms with Crippen LogP contribution in [0.25, 0.3) is 11.3 Å². The first-order valence-corrected chi connectivity index (χ1v) is 6.99. The van der Waals surface area contributed by atoms with Crippen molar-refractivity contribution in [3.8, 4) is 17.0 Å². The fourth-order valence-corrected chi connectivity index (χ4v) is 2.05. The second-order valence-electron chi connectivity index (χ2n) is 4.81. The van der Waals surface area contributed by atoms with Gasteiger partial charge >= 0.3 is 0 Å². The highest BCUT2D eigenvalue weighted by Crippen LogP contribution is 2.19. The van der Waals surface area contributed by atoms with Crippen molar-refractivity contribution in [3.63, 3.8) is 0 Å². The highest BCUT2D eigenvalue weighted by molar-refractivity contribution is 5.92. The van der Waals surface area contributed by atoms with Crippen molar-refractivity contribution in [1.29, 1.82) is 0 Å². The van der Waals surface area contributed by atoms with E-state index in [4.69, 9.17) is 4.74 Å². The molecule has 0 aliphatic heterocycles. The van der Waals surface area contributed by atoms with Gasteiger partial charge in [0.15, 0.2) is 18.2 Å². The molecule has 0 unspecified atom stereocenters. The third-order valence-corrected chi connectivity index (χ3v) is 3.18. The van der Waals surface area contributed by atoms with Gasteiger partial charge in [-0.05, 0) is 35.9 Å². The molecule has 0 saturated heterocycles. The average molecular weight is 311 g/mol. The minimum atomic E-state index is -0.496.